The fourth-order valence-electron chi connectivity index (χ4n) is 2.81. The molecule has 2 rings (SSSR count). The molecule has 4 heteroatoms. The maximum Gasteiger partial charge on any atom is 0.338 e. The Labute approximate surface area is 121 Å². The first-order valence-electron chi connectivity index (χ1n) is 7.24. The molecule has 0 radical (unpaired) electrons. The number of hydrogen-bond donors (Lipinski definition) is 1. The molecule has 1 heterocycles. The highest BCUT2D eigenvalue weighted by Gasteiger charge is 2.26. The molecule has 0 amide bonds. The fraction of sp³-hybridized carbons (Fsp3) is 0.562. The van der Waals surface area contributed by atoms with Crippen LogP contribution in [0.25, 0.3) is 0 Å². The predicted molar refractivity (Wildman–Crippen MR) is 79.7 cm³/mol. The molecule has 1 aromatic rings. The van der Waals surface area contributed by atoms with E-state index < -0.39 is 0 Å². The van der Waals surface area contributed by atoms with Crippen LogP contribution in [0.3, 0.4) is 0 Å². The zero-order valence-corrected chi connectivity index (χ0v) is 12.6. The largest absolute Gasteiger partial charge is 0.465 e. The fourth-order valence-corrected chi connectivity index (χ4v) is 2.81. The standard InChI is InChI=1S/C16H24N2O2/c1-12(2)15-10-17-8-9-18(15)11-13-6-4-5-7-14(13)16(19)20-3/h4-7,12,15,17H,8-11H2,1-3H3/t15-/m1/s1. The first-order valence-corrected chi connectivity index (χ1v) is 7.24. The van der Waals surface area contributed by atoms with E-state index >= 15 is 0 Å². The van der Waals surface area contributed by atoms with Gasteiger partial charge in [0.25, 0.3) is 0 Å². The third-order valence-electron chi connectivity index (χ3n) is 3.96. The molecule has 0 spiro atoms. The SMILES string of the molecule is COC(=O)c1ccccc1CN1CCNC[C@@H]1C(C)C. The molecule has 110 valence electrons. The number of benzene rings is 1. The van der Waals surface area contributed by atoms with Crippen LogP contribution in [0.15, 0.2) is 24.3 Å². The summed E-state index contributed by atoms with van der Waals surface area (Å²) in [5, 5.41) is 3.45. The summed E-state index contributed by atoms with van der Waals surface area (Å²) in [6, 6.07) is 8.23. The number of nitrogens with zero attached hydrogens (tertiary/aromatic N) is 1. The summed E-state index contributed by atoms with van der Waals surface area (Å²) in [6.45, 7) is 8.32. The minimum Gasteiger partial charge on any atom is -0.465 e. The van der Waals surface area contributed by atoms with Gasteiger partial charge in [0.1, 0.15) is 0 Å². The molecule has 0 aliphatic carbocycles. The molecule has 1 fully saturated rings. The Hall–Kier alpha value is -1.39. The second-order valence-corrected chi connectivity index (χ2v) is 5.63. The van der Waals surface area contributed by atoms with E-state index in [1.54, 1.807) is 0 Å². The summed E-state index contributed by atoms with van der Waals surface area (Å²) in [6.07, 6.45) is 0. The third-order valence-corrected chi connectivity index (χ3v) is 3.96. The molecule has 1 N–H and O–H groups in total. The molecule has 1 aromatic carbocycles. The van der Waals surface area contributed by atoms with Gasteiger partial charge in [-0.1, -0.05) is 32.0 Å². The molecule has 0 aromatic heterocycles. The lowest BCUT2D eigenvalue weighted by Gasteiger charge is -2.38. The normalized spacial score (nSPS) is 20.1. The Kier molecular flexibility index (Phi) is 5.15. The van der Waals surface area contributed by atoms with Gasteiger partial charge >= 0.3 is 5.97 Å². The van der Waals surface area contributed by atoms with Crippen molar-refractivity contribution in [3.8, 4) is 0 Å². The average molecular weight is 276 g/mol. The summed E-state index contributed by atoms with van der Waals surface area (Å²) < 4.78 is 4.87. The number of ether oxygens (including phenoxy) is 1. The number of hydrogen-bond acceptors (Lipinski definition) is 4. The van der Waals surface area contributed by atoms with Crippen molar-refractivity contribution in [3.63, 3.8) is 0 Å². The second kappa shape index (κ2) is 6.86. The minimum absolute atomic E-state index is 0.253. The van der Waals surface area contributed by atoms with E-state index in [4.69, 9.17) is 4.74 Å². The predicted octanol–water partition coefficient (Wildman–Crippen LogP) is 1.90. The molecule has 1 aliphatic rings. The molecule has 0 bridgehead atoms. The van der Waals surface area contributed by atoms with Gasteiger partial charge in [0.05, 0.1) is 12.7 Å². The van der Waals surface area contributed by atoms with E-state index in [1.807, 2.05) is 24.3 Å². The summed E-state index contributed by atoms with van der Waals surface area (Å²) in [5.41, 5.74) is 1.72. The molecule has 20 heavy (non-hydrogen) atoms. The van der Waals surface area contributed by atoms with Gasteiger partial charge in [0.2, 0.25) is 0 Å². The maximum absolute atomic E-state index is 11.8. The molecule has 1 saturated heterocycles. The van der Waals surface area contributed by atoms with Crippen molar-refractivity contribution < 1.29 is 9.53 Å². The van der Waals surface area contributed by atoms with E-state index in [-0.39, 0.29) is 5.97 Å². The van der Waals surface area contributed by atoms with Crippen molar-refractivity contribution in [2.24, 2.45) is 5.92 Å². The first kappa shape index (κ1) is 15.0. The van der Waals surface area contributed by atoms with Crippen LogP contribution in [0.2, 0.25) is 0 Å². The minimum atomic E-state index is -0.253. The Morgan fingerprint density at radius 1 is 1.45 bits per heavy atom. The van der Waals surface area contributed by atoms with Gasteiger partial charge in [0, 0.05) is 32.2 Å². The Morgan fingerprint density at radius 3 is 2.90 bits per heavy atom. The van der Waals surface area contributed by atoms with Gasteiger partial charge in [-0.25, -0.2) is 4.79 Å². The maximum atomic E-state index is 11.8. The van der Waals surface area contributed by atoms with E-state index in [0.29, 0.717) is 17.5 Å². The number of esters is 1. The van der Waals surface area contributed by atoms with Crippen molar-refractivity contribution in [3.05, 3.63) is 35.4 Å². The lowest BCUT2D eigenvalue weighted by molar-refractivity contribution is 0.0595. The van der Waals surface area contributed by atoms with Crippen LogP contribution in [-0.2, 0) is 11.3 Å². The van der Waals surface area contributed by atoms with Crippen LogP contribution in [0.1, 0.15) is 29.8 Å². The van der Waals surface area contributed by atoms with Crippen LogP contribution >= 0.6 is 0 Å². The lowest BCUT2D eigenvalue weighted by Crippen LogP contribution is -2.53. The van der Waals surface area contributed by atoms with Gasteiger partial charge < -0.3 is 10.1 Å². The molecule has 4 nitrogen and oxygen atoms in total. The van der Waals surface area contributed by atoms with Crippen LogP contribution in [0, 0.1) is 5.92 Å². The van der Waals surface area contributed by atoms with Crippen molar-refractivity contribution in [1.82, 2.24) is 10.2 Å². The van der Waals surface area contributed by atoms with E-state index in [1.165, 1.54) is 7.11 Å². The molecular formula is C16H24N2O2. The van der Waals surface area contributed by atoms with Crippen LogP contribution in [0.4, 0.5) is 0 Å². The smallest absolute Gasteiger partial charge is 0.338 e. The highest BCUT2D eigenvalue weighted by Crippen LogP contribution is 2.19. The zero-order chi connectivity index (χ0) is 14.5. The molecule has 1 aliphatic heterocycles. The molecule has 0 unspecified atom stereocenters. The van der Waals surface area contributed by atoms with Crippen LogP contribution in [-0.4, -0.2) is 43.7 Å². The zero-order valence-electron chi connectivity index (χ0n) is 12.6. The quantitative estimate of drug-likeness (QED) is 0.853. The summed E-state index contributed by atoms with van der Waals surface area (Å²) in [4.78, 5) is 14.3. The van der Waals surface area contributed by atoms with Crippen molar-refractivity contribution in [1.29, 1.82) is 0 Å². The highest BCUT2D eigenvalue weighted by molar-refractivity contribution is 5.90. The second-order valence-electron chi connectivity index (χ2n) is 5.63. The molecular weight excluding hydrogens is 252 g/mol. The van der Waals surface area contributed by atoms with E-state index in [0.717, 1.165) is 31.7 Å². The van der Waals surface area contributed by atoms with Crippen LogP contribution in [0.5, 0.6) is 0 Å². The Balaban J connectivity index is 2.18. The number of rotatable bonds is 4. The number of nitrogens with one attached hydrogen (secondary N) is 1. The van der Waals surface area contributed by atoms with E-state index in [9.17, 15) is 4.79 Å². The van der Waals surface area contributed by atoms with Gasteiger partial charge in [-0.15, -0.1) is 0 Å². The van der Waals surface area contributed by atoms with Crippen molar-refractivity contribution in [2.45, 2.75) is 26.4 Å². The topological polar surface area (TPSA) is 41.6 Å². The first-order chi connectivity index (χ1) is 9.63. The summed E-state index contributed by atoms with van der Waals surface area (Å²) in [5.74, 6) is 0.338. The van der Waals surface area contributed by atoms with Gasteiger partial charge in [-0.2, -0.15) is 0 Å². The highest BCUT2D eigenvalue weighted by atomic mass is 16.5. The number of methoxy groups -OCH3 is 1. The van der Waals surface area contributed by atoms with Gasteiger partial charge in [-0.3, -0.25) is 4.90 Å². The Bertz CT molecular complexity index is 460. The third kappa shape index (κ3) is 3.38. The van der Waals surface area contributed by atoms with Gasteiger partial charge in [-0.05, 0) is 17.5 Å². The lowest BCUT2D eigenvalue weighted by atomic mass is 9.98. The van der Waals surface area contributed by atoms with Crippen molar-refractivity contribution in [2.75, 3.05) is 26.7 Å². The van der Waals surface area contributed by atoms with E-state index in [2.05, 4.69) is 24.1 Å². The number of carbonyl (C=O) groups excluding carboxylic acids is 1. The molecule has 0 saturated carbocycles. The number of piperazine rings is 1. The summed E-state index contributed by atoms with van der Waals surface area (Å²) in [7, 11) is 1.43. The monoisotopic (exact) mass is 276 g/mol. The average Bonchev–Trinajstić information content (AvgIpc) is 2.47. The molecule has 1 atom stereocenters. The van der Waals surface area contributed by atoms with Gasteiger partial charge in [0.15, 0.2) is 0 Å². The van der Waals surface area contributed by atoms with Crippen LogP contribution < -0.4 is 5.32 Å². The van der Waals surface area contributed by atoms with Crippen molar-refractivity contribution >= 4 is 5.97 Å². The number of carbonyl (C=O) groups is 1. The summed E-state index contributed by atoms with van der Waals surface area (Å²) >= 11 is 0. The Morgan fingerprint density at radius 2 is 2.20 bits per heavy atom.